The van der Waals surface area contributed by atoms with Gasteiger partial charge in [-0.3, -0.25) is 5.10 Å². The molecule has 5 rings (SSSR count). The predicted molar refractivity (Wildman–Crippen MR) is 131 cm³/mol. The molecule has 0 unspecified atom stereocenters. The third-order valence-corrected chi connectivity index (χ3v) is 6.07. The first kappa shape index (κ1) is 23.0. The molecule has 1 aromatic carbocycles. The Balaban J connectivity index is 1.50. The van der Waals surface area contributed by atoms with E-state index in [1.807, 2.05) is 11.0 Å². The van der Waals surface area contributed by atoms with E-state index >= 15 is 4.39 Å². The van der Waals surface area contributed by atoms with Crippen molar-refractivity contribution in [3.05, 3.63) is 47.3 Å². The summed E-state index contributed by atoms with van der Waals surface area (Å²) in [4.78, 5) is 16.3. The zero-order valence-electron chi connectivity index (χ0n) is 20.1. The average Bonchev–Trinajstić information content (AvgIpc) is 3.45. The molecule has 1 aliphatic rings. The molecule has 9 nitrogen and oxygen atoms in total. The van der Waals surface area contributed by atoms with Gasteiger partial charge in [-0.15, -0.1) is 0 Å². The smallest absolute Gasteiger partial charge is 0.230 e. The van der Waals surface area contributed by atoms with Gasteiger partial charge in [-0.2, -0.15) is 15.1 Å². The van der Waals surface area contributed by atoms with Crippen molar-refractivity contribution in [3.63, 3.8) is 0 Å². The third kappa shape index (κ3) is 4.76. The highest BCUT2D eigenvalue weighted by Crippen LogP contribution is 2.33. The van der Waals surface area contributed by atoms with Crippen molar-refractivity contribution < 1.29 is 13.5 Å². The normalized spacial score (nSPS) is 14.8. The number of aromatic nitrogens is 5. The second kappa shape index (κ2) is 9.14. The van der Waals surface area contributed by atoms with Crippen LogP contribution in [-0.4, -0.2) is 63.3 Å². The SMILES string of the molecule is Cc1cc2c(F)c(Oc3cc(Nc4cc(C(C)C)[nH]n4)nc(N4CCN(C)CC4)n3)cc(F)c2[nH]1. The van der Waals surface area contributed by atoms with Gasteiger partial charge in [0.15, 0.2) is 23.2 Å². The van der Waals surface area contributed by atoms with E-state index in [-0.39, 0.29) is 28.5 Å². The summed E-state index contributed by atoms with van der Waals surface area (Å²) in [5.41, 5.74) is 1.74. The molecule has 1 saturated heterocycles. The van der Waals surface area contributed by atoms with E-state index in [0.29, 0.717) is 23.3 Å². The fourth-order valence-electron chi connectivity index (χ4n) is 4.03. The number of halogens is 2. The van der Waals surface area contributed by atoms with Gasteiger partial charge in [-0.1, -0.05) is 13.8 Å². The lowest BCUT2D eigenvalue weighted by Gasteiger charge is -2.32. The van der Waals surface area contributed by atoms with Gasteiger partial charge in [0, 0.05) is 61.2 Å². The summed E-state index contributed by atoms with van der Waals surface area (Å²) in [5.74, 6) is 0.341. The van der Waals surface area contributed by atoms with Gasteiger partial charge in [0.25, 0.3) is 0 Å². The van der Waals surface area contributed by atoms with E-state index in [4.69, 9.17) is 4.74 Å². The lowest BCUT2D eigenvalue weighted by molar-refractivity contribution is 0.310. The Hall–Kier alpha value is -3.73. The fraction of sp³-hybridized carbons (Fsp3) is 0.375. The molecule has 11 heteroatoms. The van der Waals surface area contributed by atoms with Crippen molar-refractivity contribution >= 4 is 28.5 Å². The Morgan fingerprint density at radius 3 is 2.51 bits per heavy atom. The molecule has 0 bridgehead atoms. The van der Waals surface area contributed by atoms with Crippen LogP contribution in [0.5, 0.6) is 11.6 Å². The highest BCUT2D eigenvalue weighted by Gasteiger charge is 2.21. The molecular weight excluding hydrogens is 454 g/mol. The number of nitrogens with zero attached hydrogens (tertiary/aromatic N) is 5. The number of benzene rings is 1. The molecule has 4 aromatic rings. The minimum absolute atomic E-state index is 0.0981. The molecular formula is C24H28F2N8O. The summed E-state index contributed by atoms with van der Waals surface area (Å²) in [6, 6.07) is 6.03. The maximum absolute atomic E-state index is 15.2. The van der Waals surface area contributed by atoms with Crippen LogP contribution in [0.1, 0.15) is 31.2 Å². The van der Waals surface area contributed by atoms with E-state index in [9.17, 15) is 4.39 Å². The summed E-state index contributed by atoms with van der Waals surface area (Å²) in [5, 5.41) is 10.6. The number of anilines is 3. The van der Waals surface area contributed by atoms with Crippen molar-refractivity contribution in [1.29, 1.82) is 0 Å². The Labute approximate surface area is 201 Å². The number of H-pyrrole nitrogens is 2. The maximum atomic E-state index is 15.2. The molecule has 0 amide bonds. The first-order chi connectivity index (χ1) is 16.8. The number of piperazine rings is 1. The topological polar surface area (TPSA) is 98.0 Å². The summed E-state index contributed by atoms with van der Waals surface area (Å²) in [6.07, 6.45) is 0. The molecule has 0 atom stereocenters. The highest BCUT2D eigenvalue weighted by molar-refractivity contribution is 5.83. The van der Waals surface area contributed by atoms with Crippen LogP contribution in [0.3, 0.4) is 0 Å². The fourth-order valence-corrected chi connectivity index (χ4v) is 4.03. The summed E-state index contributed by atoms with van der Waals surface area (Å²) < 4.78 is 35.6. The molecule has 0 spiro atoms. The molecule has 1 fully saturated rings. The lowest BCUT2D eigenvalue weighted by Crippen LogP contribution is -2.45. The molecule has 0 aliphatic carbocycles. The van der Waals surface area contributed by atoms with Gasteiger partial charge in [0.2, 0.25) is 11.8 Å². The number of aromatic amines is 2. The van der Waals surface area contributed by atoms with E-state index in [1.54, 1.807) is 19.1 Å². The quantitative estimate of drug-likeness (QED) is 0.367. The molecule has 35 heavy (non-hydrogen) atoms. The number of likely N-dealkylation sites (N-methyl/N-ethyl adjacent to an activating group) is 1. The standard InChI is InChI=1S/C24H28F2N8O/c1-13(2)17-11-20(32-31-17)28-19-12-21(30-24(29-19)34-7-5-33(4)6-8-34)35-18-10-16(25)23-15(22(18)26)9-14(3)27-23/h9-13,27H,5-8H2,1-4H3,(H2,28,29,30,31,32). The molecule has 1 aliphatic heterocycles. The van der Waals surface area contributed by atoms with Crippen LogP contribution in [-0.2, 0) is 0 Å². The molecule has 3 N–H and O–H groups in total. The minimum Gasteiger partial charge on any atom is -0.436 e. The first-order valence-electron chi connectivity index (χ1n) is 11.6. The second-order valence-electron chi connectivity index (χ2n) is 9.18. The number of rotatable bonds is 6. The van der Waals surface area contributed by atoms with Crippen LogP contribution in [0.15, 0.2) is 24.3 Å². The highest BCUT2D eigenvalue weighted by atomic mass is 19.1. The monoisotopic (exact) mass is 482 g/mol. The second-order valence-corrected chi connectivity index (χ2v) is 9.18. The number of ether oxygens (including phenoxy) is 1. The first-order valence-corrected chi connectivity index (χ1v) is 11.6. The van der Waals surface area contributed by atoms with Crippen molar-refractivity contribution in [2.24, 2.45) is 0 Å². The molecule has 0 saturated carbocycles. The van der Waals surface area contributed by atoms with Gasteiger partial charge in [0.05, 0.1) is 5.52 Å². The Morgan fingerprint density at radius 2 is 1.80 bits per heavy atom. The Kier molecular flexibility index (Phi) is 6.01. The van der Waals surface area contributed by atoms with Gasteiger partial charge >= 0.3 is 0 Å². The van der Waals surface area contributed by atoms with Crippen molar-refractivity contribution in [1.82, 2.24) is 30.0 Å². The third-order valence-electron chi connectivity index (χ3n) is 6.07. The van der Waals surface area contributed by atoms with Crippen LogP contribution >= 0.6 is 0 Å². The number of nitrogens with one attached hydrogen (secondary N) is 3. The largest absolute Gasteiger partial charge is 0.436 e. The zero-order valence-corrected chi connectivity index (χ0v) is 20.1. The van der Waals surface area contributed by atoms with Crippen LogP contribution in [0.2, 0.25) is 0 Å². The van der Waals surface area contributed by atoms with Gasteiger partial charge in [0.1, 0.15) is 5.82 Å². The van der Waals surface area contributed by atoms with Crippen LogP contribution in [0.4, 0.5) is 26.4 Å². The van der Waals surface area contributed by atoms with E-state index in [0.717, 1.165) is 37.9 Å². The van der Waals surface area contributed by atoms with Crippen molar-refractivity contribution in [3.8, 4) is 11.6 Å². The van der Waals surface area contributed by atoms with E-state index < -0.39 is 11.6 Å². The molecule has 0 radical (unpaired) electrons. The van der Waals surface area contributed by atoms with Gasteiger partial charge in [-0.25, -0.2) is 8.78 Å². The van der Waals surface area contributed by atoms with Crippen LogP contribution in [0.25, 0.3) is 10.9 Å². The Morgan fingerprint density at radius 1 is 1.03 bits per heavy atom. The minimum atomic E-state index is -0.658. The van der Waals surface area contributed by atoms with Crippen molar-refractivity contribution in [2.45, 2.75) is 26.7 Å². The van der Waals surface area contributed by atoms with Crippen LogP contribution in [0, 0.1) is 18.6 Å². The number of aryl methyl sites for hydroxylation is 1. The summed E-state index contributed by atoms with van der Waals surface area (Å²) in [6.45, 7) is 9.05. The maximum Gasteiger partial charge on any atom is 0.230 e. The number of hydrogen-bond acceptors (Lipinski definition) is 7. The summed E-state index contributed by atoms with van der Waals surface area (Å²) in [7, 11) is 2.06. The molecule has 3 aromatic heterocycles. The Bertz CT molecular complexity index is 1360. The van der Waals surface area contributed by atoms with Crippen LogP contribution < -0.4 is 15.0 Å². The lowest BCUT2D eigenvalue weighted by atomic mass is 10.1. The zero-order chi connectivity index (χ0) is 24.7. The molecule has 4 heterocycles. The van der Waals surface area contributed by atoms with Gasteiger partial charge < -0.3 is 24.8 Å². The van der Waals surface area contributed by atoms with Crippen molar-refractivity contribution in [2.75, 3.05) is 43.4 Å². The van der Waals surface area contributed by atoms with E-state index in [2.05, 4.69) is 56.3 Å². The average molecular weight is 483 g/mol. The van der Waals surface area contributed by atoms with E-state index in [1.165, 1.54) is 0 Å². The summed E-state index contributed by atoms with van der Waals surface area (Å²) >= 11 is 0. The predicted octanol–water partition coefficient (Wildman–Crippen LogP) is 4.68. The molecule has 184 valence electrons. The number of fused-ring (bicyclic) bond motifs is 1. The van der Waals surface area contributed by atoms with Gasteiger partial charge in [-0.05, 0) is 26.0 Å². The number of hydrogen-bond donors (Lipinski definition) is 3.